The Bertz CT molecular complexity index is 375. The molecule has 0 aliphatic heterocycles. The van der Waals surface area contributed by atoms with Crippen LogP contribution in [0.2, 0.25) is 0 Å². The molecule has 1 amide bonds. The molecule has 0 spiro atoms. The molecule has 0 atom stereocenters. The summed E-state index contributed by atoms with van der Waals surface area (Å²) in [6.07, 6.45) is 1.40. The Morgan fingerprint density at radius 2 is 1.94 bits per heavy atom. The van der Waals surface area contributed by atoms with Crippen molar-refractivity contribution in [3.05, 3.63) is 29.8 Å². The van der Waals surface area contributed by atoms with Crippen LogP contribution in [0.25, 0.3) is 0 Å². The highest BCUT2D eigenvalue weighted by Crippen LogP contribution is 2.17. The minimum Gasteiger partial charge on any atom is -0.323 e. The number of carbonyl (C=O) groups is 1. The van der Waals surface area contributed by atoms with E-state index in [2.05, 4.69) is 5.32 Å². The van der Waals surface area contributed by atoms with Crippen molar-refractivity contribution in [3.8, 4) is 0 Å². The minimum atomic E-state index is -0.751. The molecular formula is C12H15F2NO. The Labute approximate surface area is 93.7 Å². The van der Waals surface area contributed by atoms with Gasteiger partial charge in [-0.1, -0.05) is 13.8 Å². The molecule has 16 heavy (non-hydrogen) atoms. The van der Waals surface area contributed by atoms with Crippen LogP contribution in [0.3, 0.4) is 0 Å². The van der Waals surface area contributed by atoms with Crippen molar-refractivity contribution in [2.24, 2.45) is 5.92 Å². The molecule has 2 nitrogen and oxygen atoms in total. The van der Waals surface area contributed by atoms with Gasteiger partial charge in [-0.15, -0.1) is 0 Å². The molecule has 0 saturated carbocycles. The average Bonchev–Trinajstić information content (AvgIpc) is 2.24. The van der Waals surface area contributed by atoms with Crippen molar-refractivity contribution < 1.29 is 13.6 Å². The van der Waals surface area contributed by atoms with Gasteiger partial charge in [-0.3, -0.25) is 4.79 Å². The fraction of sp³-hybridized carbons (Fsp3) is 0.417. The molecule has 1 aromatic carbocycles. The van der Waals surface area contributed by atoms with Crippen molar-refractivity contribution in [3.63, 3.8) is 0 Å². The highest BCUT2D eigenvalue weighted by molar-refractivity contribution is 5.92. The summed E-state index contributed by atoms with van der Waals surface area (Å²) in [7, 11) is 0. The van der Waals surface area contributed by atoms with Gasteiger partial charge in [0.25, 0.3) is 0 Å². The van der Waals surface area contributed by atoms with Gasteiger partial charge in [-0.2, -0.15) is 0 Å². The van der Waals surface area contributed by atoms with Crippen molar-refractivity contribution in [1.82, 2.24) is 0 Å². The number of nitrogens with one attached hydrogen (secondary N) is 1. The molecule has 0 aliphatic carbocycles. The van der Waals surface area contributed by atoms with Crippen LogP contribution in [0.1, 0.15) is 26.7 Å². The smallest absolute Gasteiger partial charge is 0.227 e. The van der Waals surface area contributed by atoms with Crippen molar-refractivity contribution in [2.75, 3.05) is 5.32 Å². The van der Waals surface area contributed by atoms with E-state index in [1.54, 1.807) is 0 Å². The Morgan fingerprint density at radius 1 is 1.31 bits per heavy atom. The lowest BCUT2D eigenvalue weighted by atomic mass is 10.0. The van der Waals surface area contributed by atoms with Gasteiger partial charge >= 0.3 is 0 Å². The number of hydrogen-bond acceptors (Lipinski definition) is 1. The predicted octanol–water partition coefficient (Wildman–Crippen LogP) is 3.34. The normalized spacial score (nSPS) is 10.6. The molecule has 0 fully saturated rings. The van der Waals surface area contributed by atoms with E-state index in [0.717, 1.165) is 12.1 Å². The standard InChI is InChI=1S/C12H15F2NO/c1-3-8(4-2)12(16)15-11-6-5-9(13)7-10(11)14/h5-8H,3-4H2,1-2H3,(H,15,16). The summed E-state index contributed by atoms with van der Waals surface area (Å²) >= 11 is 0. The molecule has 0 aliphatic rings. The molecule has 1 rings (SSSR count). The summed E-state index contributed by atoms with van der Waals surface area (Å²) in [6.45, 7) is 3.80. The van der Waals surface area contributed by atoms with Gasteiger partial charge in [0.1, 0.15) is 11.6 Å². The van der Waals surface area contributed by atoms with E-state index in [-0.39, 0.29) is 17.5 Å². The summed E-state index contributed by atoms with van der Waals surface area (Å²) in [5, 5.41) is 2.46. The first-order valence-electron chi connectivity index (χ1n) is 5.34. The zero-order valence-corrected chi connectivity index (χ0v) is 9.39. The van der Waals surface area contributed by atoms with Gasteiger partial charge in [-0.25, -0.2) is 8.78 Å². The molecule has 0 aromatic heterocycles. The maximum atomic E-state index is 13.2. The van der Waals surface area contributed by atoms with E-state index in [9.17, 15) is 13.6 Å². The third kappa shape index (κ3) is 3.02. The first-order valence-corrected chi connectivity index (χ1v) is 5.34. The second-order valence-electron chi connectivity index (χ2n) is 3.63. The van der Waals surface area contributed by atoms with Crippen molar-refractivity contribution in [2.45, 2.75) is 26.7 Å². The van der Waals surface area contributed by atoms with Crippen molar-refractivity contribution >= 4 is 11.6 Å². The second kappa shape index (κ2) is 5.58. The quantitative estimate of drug-likeness (QED) is 0.839. The third-order valence-electron chi connectivity index (χ3n) is 2.55. The maximum absolute atomic E-state index is 13.2. The summed E-state index contributed by atoms with van der Waals surface area (Å²) in [5.74, 6) is -1.77. The lowest BCUT2D eigenvalue weighted by Gasteiger charge is -2.13. The van der Waals surface area contributed by atoms with Gasteiger partial charge < -0.3 is 5.32 Å². The van der Waals surface area contributed by atoms with E-state index in [1.165, 1.54) is 6.07 Å². The SMILES string of the molecule is CCC(CC)C(=O)Nc1ccc(F)cc1F. The Kier molecular flexibility index (Phi) is 4.40. The van der Waals surface area contributed by atoms with E-state index in [4.69, 9.17) is 0 Å². The predicted molar refractivity (Wildman–Crippen MR) is 59.1 cm³/mol. The maximum Gasteiger partial charge on any atom is 0.227 e. The van der Waals surface area contributed by atoms with Crippen LogP contribution in [-0.4, -0.2) is 5.91 Å². The highest BCUT2D eigenvalue weighted by Gasteiger charge is 2.15. The number of hydrogen-bond donors (Lipinski definition) is 1. The monoisotopic (exact) mass is 227 g/mol. The minimum absolute atomic E-state index is 0.0262. The van der Waals surface area contributed by atoms with Gasteiger partial charge in [0.15, 0.2) is 0 Å². The van der Waals surface area contributed by atoms with Crippen LogP contribution in [0.4, 0.5) is 14.5 Å². The largest absolute Gasteiger partial charge is 0.323 e. The molecule has 0 radical (unpaired) electrons. The fourth-order valence-corrected chi connectivity index (χ4v) is 1.49. The number of rotatable bonds is 4. The molecule has 4 heteroatoms. The van der Waals surface area contributed by atoms with Crippen LogP contribution in [0.15, 0.2) is 18.2 Å². The van der Waals surface area contributed by atoms with E-state index in [1.807, 2.05) is 13.8 Å². The van der Waals surface area contributed by atoms with E-state index in [0.29, 0.717) is 12.8 Å². The Hall–Kier alpha value is -1.45. The van der Waals surface area contributed by atoms with Gasteiger partial charge in [0, 0.05) is 12.0 Å². The average molecular weight is 227 g/mol. The molecule has 0 saturated heterocycles. The lowest BCUT2D eigenvalue weighted by molar-refractivity contribution is -0.120. The first kappa shape index (κ1) is 12.6. The Morgan fingerprint density at radius 3 is 2.44 bits per heavy atom. The number of halogens is 2. The molecule has 1 N–H and O–H groups in total. The topological polar surface area (TPSA) is 29.1 Å². The summed E-state index contributed by atoms with van der Waals surface area (Å²) in [4.78, 5) is 11.6. The Balaban J connectivity index is 2.76. The van der Waals surface area contributed by atoms with Crippen LogP contribution < -0.4 is 5.32 Å². The molecule has 1 aromatic rings. The number of anilines is 1. The van der Waals surface area contributed by atoms with Crippen LogP contribution in [0, 0.1) is 17.6 Å². The molecule has 0 bridgehead atoms. The molecule has 0 unspecified atom stereocenters. The van der Waals surface area contributed by atoms with Crippen LogP contribution in [0.5, 0.6) is 0 Å². The van der Waals surface area contributed by atoms with Gasteiger partial charge in [0.05, 0.1) is 5.69 Å². The van der Waals surface area contributed by atoms with Gasteiger partial charge in [0.2, 0.25) is 5.91 Å². The summed E-state index contributed by atoms with van der Waals surface area (Å²) in [6, 6.07) is 3.10. The van der Waals surface area contributed by atoms with Crippen LogP contribution in [-0.2, 0) is 4.79 Å². The third-order valence-corrected chi connectivity index (χ3v) is 2.55. The number of amides is 1. The zero-order chi connectivity index (χ0) is 12.1. The number of benzene rings is 1. The summed E-state index contributed by atoms with van der Waals surface area (Å²) < 4.78 is 25.9. The first-order chi connectivity index (χ1) is 7.58. The fourth-order valence-electron chi connectivity index (χ4n) is 1.49. The van der Waals surface area contributed by atoms with Crippen LogP contribution >= 0.6 is 0 Å². The van der Waals surface area contributed by atoms with E-state index >= 15 is 0 Å². The van der Waals surface area contributed by atoms with Crippen molar-refractivity contribution in [1.29, 1.82) is 0 Å². The second-order valence-corrected chi connectivity index (χ2v) is 3.63. The number of carbonyl (C=O) groups excluding carboxylic acids is 1. The molecular weight excluding hydrogens is 212 g/mol. The molecule has 0 heterocycles. The summed E-state index contributed by atoms with van der Waals surface area (Å²) in [5.41, 5.74) is 0.0262. The highest BCUT2D eigenvalue weighted by atomic mass is 19.1. The zero-order valence-electron chi connectivity index (χ0n) is 9.39. The molecule has 88 valence electrons. The van der Waals surface area contributed by atoms with E-state index < -0.39 is 11.6 Å². The van der Waals surface area contributed by atoms with Gasteiger partial charge in [-0.05, 0) is 25.0 Å². The lowest BCUT2D eigenvalue weighted by Crippen LogP contribution is -2.22.